The second-order valence-electron chi connectivity index (χ2n) is 4.84. The smallest absolute Gasteiger partial charge is 0.270 e. The maximum Gasteiger partial charge on any atom is 0.270 e. The fraction of sp³-hybridized carbons (Fsp3) is 0.125. The molecule has 8 nitrogen and oxygen atoms in total. The topological polar surface area (TPSA) is 111 Å². The molecule has 0 aliphatic rings. The average molecular weight is 329 g/mol. The van der Waals surface area contributed by atoms with E-state index in [1.807, 2.05) is 0 Å². The average Bonchev–Trinajstić information content (AvgIpc) is 2.60. The summed E-state index contributed by atoms with van der Waals surface area (Å²) in [5.74, 6) is -0.444. The summed E-state index contributed by atoms with van der Waals surface area (Å²) in [5, 5.41) is 10.7. The van der Waals surface area contributed by atoms with Crippen LogP contribution in [0.5, 0.6) is 5.75 Å². The van der Waals surface area contributed by atoms with Crippen molar-refractivity contribution in [2.45, 2.75) is 6.42 Å². The summed E-state index contributed by atoms with van der Waals surface area (Å²) < 4.78 is 5.07. The lowest BCUT2D eigenvalue weighted by Gasteiger charge is -2.08. The number of ether oxygens (including phenoxy) is 1. The molecular weight excluding hydrogens is 314 g/mol. The highest BCUT2D eigenvalue weighted by atomic mass is 16.6. The summed E-state index contributed by atoms with van der Waals surface area (Å²) in [6.07, 6.45) is 0.0480. The van der Waals surface area contributed by atoms with Crippen LogP contribution in [0.3, 0.4) is 0 Å². The quantitative estimate of drug-likeness (QED) is 0.639. The molecule has 0 saturated heterocycles. The monoisotopic (exact) mass is 329 g/mol. The van der Waals surface area contributed by atoms with E-state index in [0.29, 0.717) is 5.75 Å². The molecule has 2 rings (SSSR count). The van der Waals surface area contributed by atoms with Gasteiger partial charge in [0.1, 0.15) is 5.75 Å². The maximum atomic E-state index is 11.9. The number of nitro benzene ring substituents is 1. The molecule has 0 radical (unpaired) electrons. The number of non-ortho nitro benzene ring substituents is 1. The van der Waals surface area contributed by atoms with Crippen LogP contribution in [-0.2, 0) is 11.2 Å². The number of hydrogen-bond acceptors (Lipinski definition) is 5. The Morgan fingerprint density at radius 3 is 2.58 bits per heavy atom. The number of nitro groups is 1. The SMILES string of the molecule is COc1cccc(CC(=O)NNC(=O)c2cccc([N+](=O)[O-])c2)c1. The summed E-state index contributed by atoms with van der Waals surface area (Å²) in [5.41, 5.74) is 5.08. The number of nitrogens with one attached hydrogen (secondary N) is 2. The van der Waals surface area contributed by atoms with E-state index in [2.05, 4.69) is 10.9 Å². The lowest BCUT2D eigenvalue weighted by atomic mass is 10.1. The van der Waals surface area contributed by atoms with Gasteiger partial charge in [0.25, 0.3) is 11.6 Å². The molecular formula is C16H15N3O5. The van der Waals surface area contributed by atoms with Crippen molar-refractivity contribution in [3.63, 3.8) is 0 Å². The molecule has 2 aromatic carbocycles. The first-order valence-electron chi connectivity index (χ1n) is 6.96. The molecule has 0 unspecified atom stereocenters. The molecule has 0 spiro atoms. The van der Waals surface area contributed by atoms with Crippen molar-refractivity contribution in [2.75, 3.05) is 7.11 Å². The standard InChI is InChI=1S/C16H15N3O5/c1-24-14-7-2-4-11(8-14)9-15(20)17-18-16(21)12-5-3-6-13(10-12)19(22)23/h2-8,10H,9H2,1H3,(H,17,20)(H,18,21). The zero-order chi connectivity index (χ0) is 17.5. The second-order valence-corrected chi connectivity index (χ2v) is 4.84. The Labute approximate surface area is 137 Å². The van der Waals surface area contributed by atoms with Crippen molar-refractivity contribution in [3.05, 3.63) is 69.8 Å². The normalized spacial score (nSPS) is 9.88. The zero-order valence-electron chi connectivity index (χ0n) is 12.8. The predicted octanol–water partition coefficient (Wildman–Crippen LogP) is 1.61. The van der Waals surface area contributed by atoms with Crippen molar-refractivity contribution in [1.29, 1.82) is 0 Å². The highest BCUT2D eigenvalue weighted by Crippen LogP contribution is 2.13. The third-order valence-electron chi connectivity index (χ3n) is 3.13. The highest BCUT2D eigenvalue weighted by Gasteiger charge is 2.12. The van der Waals surface area contributed by atoms with Gasteiger partial charge in [0, 0.05) is 17.7 Å². The number of amides is 2. The molecule has 0 atom stereocenters. The summed E-state index contributed by atoms with van der Waals surface area (Å²) in [4.78, 5) is 33.8. The minimum absolute atomic E-state index is 0.0480. The van der Waals surface area contributed by atoms with Gasteiger partial charge in [-0.3, -0.25) is 30.6 Å². The van der Waals surface area contributed by atoms with Crippen LogP contribution < -0.4 is 15.6 Å². The minimum atomic E-state index is -0.641. The molecule has 0 bridgehead atoms. The van der Waals surface area contributed by atoms with Crippen LogP contribution in [-0.4, -0.2) is 23.8 Å². The Hall–Kier alpha value is -3.42. The molecule has 0 fully saturated rings. The Bertz CT molecular complexity index is 776. The van der Waals surface area contributed by atoms with Gasteiger partial charge in [-0.1, -0.05) is 18.2 Å². The van der Waals surface area contributed by atoms with Crippen molar-refractivity contribution in [1.82, 2.24) is 10.9 Å². The molecule has 24 heavy (non-hydrogen) atoms. The number of rotatable bonds is 5. The lowest BCUT2D eigenvalue weighted by molar-refractivity contribution is -0.384. The molecule has 8 heteroatoms. The van der Waals surface area contributed by atoms with Crippen LogP contribution in [0.15, 0.2) is 48.5 Å². The molecule has 0 aliphatic heterocycles. The van der Waals surface area contributed by atoms with Crippen molar-refractivity contribution >= 4 is 17.5 Å². The summed E-state index contributed by atoms with van der Waals surface area (Å²) >= 11 is 0. The Kier molecular flexibility index (Phi) is 5.45. The molecule has 124 valence electrons. The van der Waals surface area contributed by atoms with Gasteiger partial charge < -0.3 is 4.74 Å². The number of carbonyl (C=O) groups excluding carboxylic acids is 2. The largest absolute Gasteiger partial charge is 0.497 e. The molecule has 0 aromatic heterocycles. The van der Waals surface area contributed by atoms with Crippen LogP contribution in [0.4, 0.5) is 5.69 Å². The van der Waals surface area contributed by atoms with E-state index >= 15 is 0 Å². The van der Waals surface area contributed by atoms with Gasteiger partial charge in [0.15, 0.2) is 0 Å². The number of carbonyl (C=O) groups is 2. The number of nitrogens with zero attached hydrogens (tertiary/aromatic N) is 1. The number of hydrazine groups is 1. The minimum Gasteiger partial charge on any atom is -0.497 e. The Morgan fingerprint density at radius 2 is 1.88 bits per heavy atom. The molecule has 0 aliphatic carbocycles. The number of hydrogen-bond donors (Lipinski definition) is 2. The first kappa shape index (κ1) is 16.9. The number of benzene rings is 2. The van der Waals surface area contributed by atoms with Crippen LogP contribution in [0.1, 0.15) is 15.9 Å². The first-order valence-corrected chi connectivity index (χ1v) is 6.96. The summed E-state index contributed by atoms with van der Waals surface area (Å²) in [7, 11) is 1.53. The molecule has 2 aromatic rings. The molecule has 2 amide bonds. The van der Waals surface area contributed by atoms with E-state index in [0.717, 1.165) is 11.6 Å². The van der Waals surface area contributed by atoms with E-state index in [1.165, 1.54) is 25.3 Å². The van der Waals surface area contributed by atoms with Gasteiger partial charge in [-0.2, -0.15) is 0 Å². The van der Waals surface area contributed by atoms with E-state index in [1.54, 1.807) is 24.3 Å². The van der Waals surface area contributed by atoms with Crippen molar-refractivity contribution < 1.29 is 19.2 Å². The van der Waals surface area contributed by atoms with Crippen LogP contribution in [0.25, 0.3) is 0 Å². The van der Waals surface area contributed by atoms with Gasteiger partial charge >= 0.3 is 0 Å². The fourth-order valence-corrected chi connectivity index (χ4v) is 1.97. The maximum absolute atomic E-state index is 11.9. The van der Waals surface area contributed by atoms with E-state index in [-0.39, 0.29) is 17.7 Å². The summed E-state index contributed by atoms with van der Waals surface area (Å²) in [6, 6.07) is 12.2. The fourth-order valence-electron chi connectivity index (χ4n) is 1.97. The molecule has 0 heterocycles. The van der Waals surface area contributed by atoms with Crippen LogP contribution >= 0.6 is 0 Å². The van der Waals surface area contributed by atoms with Gasteiger partial charge in [-0.25, -0.2) is 0 Å². The second kappa shape index (κ2) is 7.73. The molecule has 2 N–H and O–H groups in total. The van der Waals surface area contributed by atoms with E-state index < -0.39 is 16.7 Å². The highest BCUT2D eigenvalue weighted by molar-refractivity contribution is 5.96. The van der Waals surface area contributed by atoms with Crippen molar-refractivity contribution in [2.24, 2.45) is 0 Å². The van der Waals surface area contributed by atoms with Gasteiger partial charge in [0.2, 0.25) is 5.91 Å². The third kappa shape index (κ3) is 4.54. The van der Waals surface area contributed by atoms with Crippen LogP contribution in [0, 0.1) is 10.1 Å². The third-order valence-corrected chi connectivity index (χ3v) is 3.13. The first-order chi connectivity index (χ1) is 11.5. The Balaban J connectivity index is 1.92. The zero-order valence-corrected chi connectivity index (χ0v) is 12.8. The lowest BCUT2D eigenvalue weighted by Crippen LogP contribution is -2.42. The van der Waals surface area contributed by atoms with E-state index in [4.69, 9.17) is 4.74 Å². The number of methoxy groups -OCH3 is 1. The van der Waals surface area contributed by atoms with Gasteiger partial charge in [-0.15, -0.1) is 0 Å². The van der Waals surface area contributed by atoms with E-state index in [9.17, 15) is 19.7 Å². The summed E-state index contributed by atoms with van der Waals surface area (Å²) in [6.45, 7) is 0. The van der Waals surface area contributed by atoms with Crippen LogP contribution in [0.2, 0.25) is 0 Å². The predicted molar refractivity (Wildman–Crippen MR) is 85.4 cm³/mol. The van der Waals surface area contributed by atoms with Crippen molar-refractivity contribution in [3.8, 4) is 5.75 Å². The molecule has 0 saturated carbocycles. The Morgan fingerprint density at radius 1 is 1.12 bits per heavy atom. The van der Waals surface area contributed by atoms with Gasteiger partial charge in [-0.05, 0) is 23.8 Å². The van der Waals surface area contributed by atoms with Gasteiger partial charge in [0.05, 0.1) is 18.5 Å².